The van der Waals surface area contributed by atoms with E-state index in [1.807, 2.05) is 4.90 Å². The van der Waals surface area contributed by atoms with Crippen LogP contribution >= 0.6 is 0 Å². The van der Waals surface area contributed by atoms with Gasteiger partial charge in [0.05, 0.1) is 25.5 Å². The van der Waals surface area contributed by atoms with Gasteiger partial charge >= 0.3 is 6.18 Å². The van der Waals surface area contributed by atoms with Gasteiger partial charge in [0, 0.05) is 6.54 Å². The average Bonchev–Trinajstić information content (AvgIpc) is 2.98. The Labute approximate surface area is 139 Å². The second-order valence-electron chi connectivity index (χ2n) is 6.32. The second kappa shape index (κ2) is 8.02. The molecule has 1 aliphatic heterocycles. The van der Waals surface area contributed by atoms with Crippen LogP contribution in [0.4, 0.5) is 13.2 Å². The Bertz CT molecular complexity index is 517. The van der Waals surface area contributed by atoms with Gasteiger partial charge in [-0.3, -0.25) is 9.69 Å². The van der Waals surface area contributed by atoms with Crippen LogP contribution in [0.3, 0.4) is 0 Å². The van der Waals surface area contributed by atoms with E-state index in [9.17, 15) is 23.1 Å². The van der Waals surface area contributed by atoms with Crippen LogP contribution in [0, 0.1) is 5.92 Å². The van der Waals surface area contributed by atoms with E-state index in [4.69, 9.17) is 4.42 Å². The Balaban J connectivity index is 1.98. The maximum absolute atomic E-state index is 12.8. The fourth-order valence-corrected chi connectivity index (χ4v) is 2.96. The lowest BCUT2D eigenvalue weighted by molar-refractivity contribution is -0.163. The van der Waals surface area contributed by atoms with Crippen LogP contribution in [-0.4, -0.2) is 59.3 Å². The lowest BCUT2D eigenvalue weighted by Gasteiger charge is -2.35. The van der Waals surface area contributed by atoms with E-state index in [0.29, 0.717) is 18.8 Å². The Kier molecular flexibility index (Phi) is 6.28. The molecule has 0 spiro atoms. The van der Waals surface area contributed by atoms with Crippen molar-refractivity contribution >= 4 is 5.91 Å². The van der Waals surface area contributed by atoms with E-state index in [1.54, 1.807) is 19.1 Å². The molecule has 1 aromatic heterocycles. The van der Waals surface area contributed by atoms with E-state index >= 15 is 0 Å². The highest BCUT2D eigenvalue weighted by atomic mass is 19.4. The molecule has 136 valence electrons. The minimum absolute atomic E-state index is 0.0488. The summed E-state index contributed by atoms with van der Waals surface area (Å²) in [4.78, 5) is 15.0. The number of piperidine rings is 1. The number of amides is 1. The standard InChI is InChI=1S/C16H23F3N2O3/c1-12(22)13-4-2-6-20(8-13)10-15(23)21(11-16(17,18)19)9-14-5-3-7-24-14/h3,5,7,12-13,22H,2,4,6,8-11H2,1H3. The molecule has 5 nitrogen and oxygen atoms in total. The third-order valence-electron chi connectivity index (χ3n) is 4.23. The summed E-state index contributed by atoms with van der Waals surface area (Å²) in [6.07, 6.45) is -1.91. The summed E-state index contributed by atoms with van der Waals surface area (Å²) in [5, 5.41) is 9.68. The van der Waals surface area contributed by atoms with Crippen LogP contribution in [0.5, 0.6) is 0 Å². The van der Waals surface area contributed by atoms with Gasteiger partial charge in [0.1, 0.15) is 12.3 Å². The van der Waals surface area contributed by atoms with Gasteiger partial charge in [-0.15, -0.1) is 0 Å². The highest BCUT2D eigenvalue weighted by molar-refractivity contribution is 5.78. The van der Waals surface area contributed by atoms with Gasteiger partial charge < -0.3 is 14.4 Å². The first-order valence-corrected chi connectivity index (χ1v) is 8.02. The molecule has 1 fully saturated rings. The van der Waals surface area contributed by atoms with Gasteiger partial charge in [0.2, 0.25) is 5.91 Å². The number of rotatable bonds is 6. The molecule has 0 aromatic carbocycles. The molecular weight excluding hydrogens is 325 g/mol. The van der Waals surface area contributed by atoms with E-state index < -0.39 is 24.7 Å². The Morgan fingerprint density at radius 3 is 2.88 bits per heavy atom. The lowest BCUT2D eigenvalue weighted by atomic mass is 9.93. The van der Waals surface area contributed by atoms with Crippen LogP contribution in [0.2, 0.25) is 0 Å². The number of furan rings is 1. The van der Waals surface area contributed by atoms with Crippen molar-refractivity contribution < 1.29 is 27.5 Å². The smallest absolute Gasteiger partial charge is 0.406 e. The van der Waals surface area contributed by atoms with E-state index in [0.717, 1.165) is 17.7 Å². The molecule has 1 aromatic rings. The zero-order valence-electron chi connectivity index (χ0n) is 13.6. The largest absolute Gasteiger partial charge is 0.467 e. The molecule has 1 N–H and O–H groups in total. The van der Waals surface area contributed by atoms with Crippen molar-refractivity contribution in [2.24, 2.45) is 5.92 Å². The number of aliphatic hydroxyl groups excluding tert-OH is 1. The van der Waals surface area contributed by atoms with Crippen molar-refractivity contribution in [1.29, 1.82) is 0 Å². The number of carbonyl (C=O) groups excluding carboxylic acids is 1. The van der Waals surface area contributed by atoms with E-state index in [1.165, 1.54) is 6.26 Å². The summed E-state index contributed by atoms with van der Waals surface area (Å²) in [7, 11) is 0. The number of hydrogen-bond donors (Lipinski definition) is 1. The fraction of sp³-hybridized carbons (Fsp3) is 0.688. The van der Waals surface area contributed by atoms with Gasteiger partial charge in [0.15, 0.2) is 0 Å². The molecule has 1 saturated heterocycles. The summed E-state index contributed by atoms with van der Waals surface area (Å²) in [5.41, 5.74) is 0. The summed E-state index contributed by atoms with van der Waals surface area (Å²) < 4.78 is 43.4. The molecule has 0 bridgehead atoms. The number of hydrogen-bond acceptors (Lipinski definition) is 4. The molecule has 1 aliphatic rings. The number of carbonyl (C=O) groups is 1. The number of aliphatic hydroxyl groups is 1. The summed E-state index contributed by atoms with van der Waals surface area (Å²) in [6.45, 7) is 1.27. The van der Waals surface area contributed by atoms with Gasteiger partial charge in [-0.2, -0.15) is 13.2 Å². The van der Waals surface area contributed by atoms with Crippen molar-refractivity contribution in [3.8, 4) is 0 Å². The van der Waals surface area contributed by atoms with Crippen molar-refractivity contribution in [1.82, 2.24) is 9.80 Å². The first-order valence-electron chi connectivity index (χ1n) is 8.02. The molecule has 0 radical (unpaired) electrons. The van der Waals surface area contributed by atoms with Crippen LogP contribution < -0.4 is 0 Å². The Hall–Kier alpha value is -1.54. The van der Waals surface area contributed by atoms with Gasteiger partial charge in [0.25, 0.3) is 0 Å². The molecule has 2 unspecified atom stereocenters. The zero-order chi connectivity index (χ0) is 17.7. The highest BCUT2D eigenvalue weighted by Gasteiger charge is 2.34. The first-order chi connectivity index (χ1) is 11.2. The predicted molar refractivity (Wildman–Crippen MR) is 81.0 cm³/mol. The summed E-state index contributed by atoms with van der Waals surface area (Å²) in [6, 6.07) is 3.12. The summed E-state index contributed by atoms with van der Waals surface area (Å²) in [5.74, 6) is -0.226. The average molecular weight is 348 g/mol. The second-order valence-corrected chi connectivity index (χ2v) is 6.32. The molecule has 2 rings (SSSR count). The Morgan fingerprint density at radius 1 is 1.54 bits per heavy atom. The monoisotopic (exact) mass is 348 g/mol. The topological polar surface area (TPSA) is 56.9 Å². The molecule has 0 aliphatic carbocycles. The van der Waals surface area contributed by atoms with Crippen molar-refractivity contribution in [2.45, 2.75) is 38.6 Å². The highest BCUT2D eigenvalue weighted by Crippen LogP contribution is 2.21. The normalized spacial score (nSPS) is 20.8. The maximum atomic E-state index is 12.8. The lowest BCUT2D eigenvalue weighted by Crippen LogP contribution is -2.47. The number of halogens is 3. The van der Waals surface area contributed by atoms with Gasteiger partial charge in [-0.25, -0.2) is 0 Å². The fourth-order valence-electron chi connectivity index (χ4n) is 2.96. The maximum Gasteiger partial charge on any atom is 0.406 e. The molecule has 1 amide bonds. The van der Waals surface area contributed by atoms with Crippen molar-refractivity contribution in [3.05, 3.63) is 24.2 Å². The van der Waals surface area contributed by atoms with Crippen LogP contribution in [0.1, 0.15) is 25.5 Å². The predicted octanol–water partition coefficient (Wildman–Crippen LogP) is 2.26. The van der Waals surface area contributed by atoms with Crippen LogP contribution in [0.25, 0.3) is 0 Å². The van der Waals surface area contributed by atoms with Gasteiger partial charge in [-0.1, -0.05) is 0 Å². The number of likely N-dealkylation sites (tertiary alicyclic amines) is 1. The van der Waals surface area contributed by atoms with Crippen LogP contribution in [-0.2, 0) is 11.3 Å². The van der Waals surface area contributed by atoms with E-state index in [-0.39, 0.29) is 19.0 Å². The van der Waals surface area contributed by atoms with Crippen LogP contribution in [0.15, 0.2) is 22.8 Å². The molecule has 8 heteroatoms. The minimum atomic E-state index is -4.47. The SMILES string of the molecule is CC(O)C1CCCN(CC(=O)N(Cc2ccco2)CC(F)(F)F)C1. The molecular formula is C16H23F3N2O3. The molecule has 24 heavy (non-hydrogen) atoms. The van der Waals surface area contributed by atoms with Gasteiger partial charge in [-0.05, 0) is 44.4 Å². The number of alkyl halides is 3. The third kappa shape index (κ3) is 5.83. The van der Waals surface area contributed by atoms with Crippen molar-refractivity contribution in [2.75, 3.05) is 26.2 Å². The quantitative estimate of drug-likeness (QED) is 0.857. The summed E-state index contributed by atoms with van der Waals surface area (Å²) >= 11 is 0. The molecule has 2 atom stereocenters. The Morgan fingerprint density at radius 2 is 2.29 bits per heavy atom. The van der Waals surface area contributed by atoms with E-state index in [2.05, 4.69) is 0 Å². The van der Waals surface area contributed by atoms with Crippen molar-refractivity contribution in [3.63, 3.8) is 0 Å². The number of nitrogens with zero attached hydrogens (tertiary/aromatic N) is 2. The first kappa shape index (κ1) is 18.8. The third-order valence-corrected chi connectivity index (χ3v) is 4.23. The molecule has 2 heterocycles. The zero-order valence-corrected chi connectivity index (χ0v) is 13.6. The minimum Gasteiger partial charge on any atom is -0.467 e. The molecule has 0 saturated carbocycles.